The third kappa shape index (κ3) is 14.3. The van der Waals surface area contributed by atoms with Crippen LogP contribution >= 0.6 is 0 Å². The van der Waals surface area contributed by atoms with E-state index in [2.05, 4.69) is 67.4 Å². The topological polar surface area (TPSA) is 108 Å². The van der Waals surface area contributed by atoms with E-state index in [0.29, 0.717) is 6.54 Å². The first-order valence-electron chi connectivity index (χ1n) is 20.7. The number of hydrogen-bond acceptors (Lipinski definition) is 6. The zero-order valence-electron chi connectivity index (χ0n) is 33.1. The maximum absolute atomic E-state index is 12.2. The van der Waals surface area contributed by atoms with Crippen LogP contribution in [-0.4, -0.2) is 52.7 Å². The number of carboxylic acid groups (broad SMARTS) is 1. The number of carboxylic acids is 1. The molecule has 8 nitrogen and oxygen atoms in total. The number of nitrogens with one attached hydrogen (secondary N) is 1. The molecule has 54 heavy (non-hydrogen) atoms. The summed E-state index contributed by atoms with van der Waals surface area (Å²) in [5, 5.41) is 21.5. The average molecular weight is 743 g/mol. The minimum atomic E-state index is -0.984. The van der Waals surface area contributed by atoms with Crippen molar-refractivity contribution in [2.24, 2.45) is 5.92 Å². The van der Waals surface area contributed by atoms with Gasteiger partial charge in [-0.25, -0.2) is 0 Å². The summed E-state index contributed by atoms with van der Waals surface area (Å²) >= 11 is 0. The standard InChI is InChI=1S/C46H66N2O6/c1-4-6-8-10-12-16-30-48(31-17-13-11-9-7-5-2)33-42-35(3)45(38-22-20-36(34-49)21-23-38)54-46(53-42)39-26-24-37(25-27-39)41-19-15-14-18-40(41)32-47-43(50)28-29-44(51)52/h14-15,18-27,35,42,45-46,49H,4-13,16-17,28-34H2,1-3H3,(H,47,50)(H,51,52). The van der Waals surface area contributed by atoms with Gasteiger partial charge in [0.25, 0.3) is 0 Å². The first-order valence-corrected chi connectivity index (χ1v) is 20.7. The first kappa shape index (κ1) is 43.2. The van der Waals surface area contributed by atoms with Crippen molar-refractivity contribution in [1.82, 2.24) is 10.2 Å². The van der Waals surface area contributed by atoms with Crippen LogP contribution in [0.25, 0.3) is 11.1 Å². The van der Waals surface area contributed by atoms with Crippen molar-refractivity contribution in [3.8, 4) is 11.1 Å². The molecule has 3 aromatic rings. The summed E-state index contributed by atoms with van der Waals surface area (Å²) in [7, 11) is 0. The number of ether oxygens (including phenoxy) is 2. The van der Waals surface area contributed by atoms with Crippen LogP contribution in [0.4, 0.5) is 0 Å². The fourth-order valence-corrected chi connectivity index (χ4v) is 7.39. The largest absolute Gasteiger partial charge is 0.481 e. The maximum Gasteiger partial charge on any atom is 0.303 e. The number of carbonyl (C=O) groups is 2. The molecule has 1 fully saturated rings. The second kappa shape index (κ2) is 24.1. The van der Waals surface area contributed by atoms with Gasteiger partial charge in [-0.1, -0.05) is 158 Å². The van der Waals surface area contributed by atoms with Gasteiger partial charge in [0.15, 0.2) is 6.29 Å². The van der Waals surface area contributed by atoms with Crippen molar-refractivity contribution < 1.29 is 29.3 Å². The van der Waals surface area contributed by atoms with Crippen molar-refractivity contribution in [3.05, 3.63) is 95.1 Å². The first-order chi connectivity index (χ1) is 26.3. The molecule has 1 aliphatic rings. The Bertz CT molecular complexity index is 1490. The number of rotatable bonds is 25. The Hall–Kier alpha value is -3.56. The quantitative estimate of drug-likeness (QED) is 0.0742. The van der Waals surface area contributed by atoms with Gasteiger partial charge in [-0.15, -0.1) is 0 Å². The monoisotopic (exact) mass is 742 g/mol. The van der Waals surface area contributed by atoms with Gasteiger partial charge in [-0.3, -0.25) is 9.59 Å². The highest BCUT2D eigenvalue weighted by molar-refractivity contribution is 5.80. The SMILES string of the molecule is CCCCCCCCN(CCCCCCCC)CC1OC(c2ccc(-c3ccccc3CNC(=O)CCC(=O)O)cc2)OC(c2ccc(CO)cc2)C1C. The van der Waals surface area contributed by atoms with Gasteiger partial charge < -0.3 is 29.9 Å². The fourth-order valence-electron chi connectivity index (χ4n) is 7.39. The minimum Gasteiger partial charge on any atom is -0.481 e. The number of hydrogen-bond donors (Lipinski definition) is 3. The Morgan fingerprint density at radius 2 is 1.31 bits per heavy atom. The summed E-state index contributed by atoms with van der Waals surface area (Å²) < 4.78 is 13.7. The second-order valence-electron chi connectivity index (χ2n) is 15.1. The zero-order chi connectivity index (χ0) is 38.5. The lowest BCUT2D eigenvalue weighted by Gasteiger charge is -2.43. The summed E-state index contributed by atoms with van der Waals surface area (Å²) in [6.45, 7) is 10.1. The van der Waals surface area contributed by atoms with Crippen LogP contribution < -0.4 is 5.32 Å². The molecule has 0 spiro atoms. The van der Waals surface area contributed by atoms with E-state index >= 15 is 0 Å². The molecule has 4 unspecified atom stereocenters. The van der Waals surface area contributed by atoms with Gasteiger partial charge >= 0.3 is 5.97 Å². The third-order valence-corrected chi connectivity index (χ3v) is 10.8. The molecule has 0 radical (unpaired) electrons. The predicted molar refractivity (Wildman–Crippen MR) is 217 cm³/mol. The molecule has 3 aromatic carbocycles. The second-order valence-corrected chi connectivity index (χ2v) is 15.1. The Morgan fingerprint density at radius 3 is 1.93 bits per heavy atom. The van der Waals surface area contributed by atoms with Crippen molar-refractivity contribution >= 4 is 11.9 Å². The van der Waals surface area contributed by atoms with Crippen LogP contribution in [0.1, 0.15) is 145 Å². The van der Waals surface area contributed by atoms with Gasteiger partial charge in [0, 0.05) is 31.0 Å². The summed E-state index contributed by atoms with van der Waals surface area (Å²) in [5.41, 5.74) is 5.89. The van der Waals surface area contributed by atoms with Crippen LogP contribution in [0.3, 0.4) is 0 Å². The van der Waals surface area contributed by atoms with E-state index < -0.39 is 12.3 Å². The number of unbranched alkanes of at least 4 members (excludes halogenated alkanes) is 10. The van der Waals surface area contributed by atoms with Crippen LogP contribution in [0.2, 0.25) is 0 Å². The summed E-state index contributed by atoms with van der Waals surface area (Å²) in [5.74, 6) is -1.15. The molecule has 1 heterocycles. The Labute approximate surface area is 324 Å². The lowest BCUT2D eigenvalue weighted by Crippen LogP contribution is -2.45. The third-order valence-electron chi connectivity index (χ3n) is 10.8. The van der Waals surface area contributed by atoms with Gasteiger partial charge in [0.1, 0.15) is 0 Å². The van der Waals surface area contributed by atoms with Gasteiger partial charge in [0.2, 0.25) is 5.91 Å². The Kier molecular flexibility index (Phi) is 19.2. The number of aliphatic hydroxyl groups excluding tert-OH is 1. The highest BCUT2D eigenvalue weighted by Gasteiger charge is 2.39. The van der Waals surface area contributed by atoms with E-state index in [1.807, 2.05) is 36.4 Å². The molecule has 1 saturated heterocycles. The fraction of sp³-hybridized carbons (Fsp3) is 0.565. The number of aliphatic carboxylic acids is 1. The predicted octanol–water partition coefficient (Wildman–Crippen LogP) is 10.1. The molecule has 4 rings (SSSR count). The molecule has 0 bridgehead atoms. The zero-order valence-corrected chi connectivity index (χ0v) is 33.1. The average Bonchev–Trinajstić information content (AvgIpc) is 3.19. The molecular formula is C46H66N2O6. The Morgan fingerprint density at radius 1 is 0.722 bits per heavy atom. The van der Waals surface area contributed by atoms with Crippen LogP contribution in [-0.2, 0) is 32.2 Å². The summed E-state index contributed by atoms with van der Waals surface area (Å²) in [6, 6.07) is 24.4. The van der Waals surface area contributed by atoms with Crippen LogP contribution in [0.15, 0.2) is 72.8 Å². The molecule has 0 saturated carbocycles. The van der Waals surface area contributed by atoms with Crippen molar-refractivity contribution in [1.29, 1.82) is 0 Å². The van der Waals surface area contributed by atoms with Crippen molar-refractivity contribution in [3.63, 3.8) is 0 Å². The highest BCUT2D eigenvalue weighted by atomic mass is 16.7. The lowest BCUT2D eigenvalue weighted by atomic mass is 9.89. The van der Waals surface area contributed by atoms with E-state index in [9.17, 15) is 14.7 Å². The summed E-state index contributed by atoms with van der Waals surface area (Å²) in [4.78, 5) is 25.8. The Balaban J connectivity index is 1.52. The molecule has 1 aliphatic heterocycles. The number of aliphatic hydroxyl groups is 1. The molecule has 0 aliphatic carbocycles. The number of nitrogens with zero attached hydrogens (tertiary/aromatic N) is 1. The highest BCUT2D eigenvalue weighted by Crippen LogP contribution is 2.42. The molecular weight excluding hydrogens is 677 g/mol. The number of carbonyl (C=O) groups excluding carboxylic acids is 1. The van der Waals surface area contributed by atoms with Gasteiger partial charge in [-0.2, -0.15) is 0 Å². The van der Waals surface area contributed by atoms with E-state index in [0.717, 1.165) is 53.0 Å². The number of amides is 1. The maximum atomic E-state index is 12.2. The lowest BCUT2D eigenvalue weighted by molar-refractivity contribution is -0.276. The molecule has 0 aromatic heterocycles. The van der Waals surface area contributed by atoms with Crippen molar-refractivity contribution in [2.75, 3.05) is 19.6 Å². The van der Waals surface area contributed by atoms with E-state index in [4.69, 9.17) is 14.6 Å². The van der Waals surface area contributed by atoms with Gasteiger partial charge in [0.05, 0.1) is 25.2 Å². The smallest absolute Gasteiger partial charge is 0.303 e. The molecule has 8 heteroatoms. The molecule has 296 valence electrons. The van der Waals surface area contributed by atoms with Gasteiger partial charge in [-0.05, 0) is 53.7 Å². The normalized spacial score (nSPS) is 18.5. The molecule has 4 atom stereocenters. The molecule has 3 N–H and O–H groups in total. The van der Waals surface area contributed by atoms with Crippen LogP contribution in [0, 0.1) is 5.92 Å². The van der Waals surface area contributed by atoms with E-state index in [1.54, 1.807) is 0 Å². The van der Waals surface area contributed by atoms with Crippen LogP contribution in [0.5, 0.6) is 0 Å². The van der Waals surface area contributed by atoms with E-state index in [-0.39, 0.29) is 43.5 Å². The number of benzene rings is 3. The van der Waals surface area contributed by atoms with Crippen molar-refractivity contribution in [2.45, 2.75) is 142 Å². The summed E-state index contributed by atoms with van der Waals surface area (Å²) in [6.07, 6.45) is 14.4. The molecule has 1 amide bonds. The minimum absolute atomic E-state index is 0.00807. The van der Waals surface area contributed by atoms with E-state index in [1.165, 1.54) is 77.0 Å².